The number of hydrogen-bond acceptors (Lipinski definition) is 1. The van der Waals surface area contributed by atoms with Gasteiger partial charge in [0, 0.05) is 5.56 Å². The van der Waals surface area contributed by atoms with E-state index in [1.165, 1.54) is 25.3 Å². The number of unbranched alkanes of at least 4 members (excludes halogenated alkanes) is 4. The maximum atomic E-state index is 15.6. The maximum Gasteiger partial charge on any atom is 0.283 e. The molecule has 39 heavy (non-hydrogen) atoms. The van der Waals surface area contributed by atoms with Crippen LogP contribution in [0.25, 0.3) is 0 Å². The van der Waals surface area contributed by atoms with Crippen molar-refractivity contribution in [3.63, 3.8) is 0 Å². The van der Waals surface area contributed by atoms with Crippen LogP contribution in [0.15, 0.2) is 18.2 Å². The van der Waals surface area contributed by atoms with Crippen molar-refractivity contribution >= 4 is 0 Å². The summed E-state index contributed by atoms with van der Waals surface area (Å²) >= 11 is 0. The summed E-state index contributed by atoms with van der Waals surface area (Å²) in [7, 11) is 0. The molecule has 2 atom stereocenters. The summed E-state index contributed by atoms with van der Waals surface area (Å²) in [5, 5.41) is 0. The SMILES string of the molecule is CCCCC(C)Cc1cc2c(c(F)c1F)C(F)(F)C(c1ccc(OCCCCCCC3CC3)c(F)c1F)CC2. The molecule has 0 aromatic heterocycles. The Labute approximate surface area is 228 Å². The Balaban J connectivity index is 1.45. The van der Waals surface area contributed by atoms with E-state index in [4.69, 9.17) is 4.74 Å². The van der Waals surface area contributed by atoms with Crippen LogP contribution in [0.1, 0.15) is 113 Å². The van der Waals surface area contributed by atoms with Gasteiger partial charge in [0.25, 0.3) is 5.92 Å². The summed E-state index contributed by atoms with van der Waals surface area (Å²) < 4.78 is 96.6. The molecule has 2 aliphatic rings. The molecule has 0 amide bonds. The molecule has 0 aliphatic heterocycles. The Morgan fingerprint density at radius 1 is 0.897 bits per heavy atom. The molecule has 1 saturated carbocycles. The van der Waals surface area contributed by atoms with E-state index in [1.807, 2.05) is 13.8 Å². The van der Waals surface area contributed by atoms with E-state index < -0.39 is 46.2 Å². The molecule has 0 N–H and O–H groups in total. The number of aryl methyl sites for hydroxylation is 1. The van der Waals surface area contributed by atoms with Crippen molar-refractivity contribution in [3.05, 3.63) is 63.7 Å². The number of alkyl halides is 2. The highest BCUT2D eigenvalue weighted by atomic mass is 19.3. The molecule has 2 aromatic carbocycles. The van der Waals surface area contributed by atoms with Gasteiger partial charge in [0.05, 0.1) is 18.1 Å². The van der Waals surface area contributed by atoms with E-state index in [0.29, 0.717) is 6.42 Å². The topological polar surface area (TPSA) is 9.23 Å². The van der Waals surface area contributed by atoms with Gasteiger partial charge in [0.2, 0.25) is 5.82 Å². The normalized spacial score (nSPS) is 19.1. The second-order valence-corrected chi connectivity index (χ2v) is 11.6. The highest BCUT2D eigenvalue weighted by molar-refractivity contribution is 5.44. The van der Waals surface area contributed by atoms with Gasteiger partial charge >= 0.3 is 0 Å². The third-order valence-corrected chi connectivity index (χ3v) is 8.37. The molecule has 0 bridgehead atoms. The van der Waals surface area contributed by atoms with Crippen molar-refractivity contribution in [2.24, 2.45) is 11.8 Å². The summed E-state index contributed by atoms with van der Waals surface area (Å²) in [6.45, 7) is 4.17. The largest absolute Gasteiger partial charge is 0.490 e. The minimum atomic E-state index is -3.90. The highest BCUT2D eigenvalue weighted by Crippen LogP contribution is 2.52. The lowest BCUT2D eigenvalue weighted by Crippen LogP contribution is -2.33. The Hall–Kier alpha value is -2.18. The first-order valence-corrected chi connectivity index (χ1v) is 14.6. The van der Waals surface area contributed by atoms with Crippen LogP contribution in [0.4, 0.5) is 26.3 Å². The van der Waals surface area contributed by atoms with E-state index in [-0.39, 0.29) is 48.7 Å². The number of rotatable bonds is 14. The average Bonchev–Trinajstić information content (AvgIpc) is 3.72. The van der Waals surface area contributed by atoms with Gasteiger partial charge in [0.15, 0.2) is 23.2 Å². The molecule has 2 aliphatic carbocycles. The van der Waals surface area contributed by atoms with Gasteiger partial charge in [-0.25, -0.2) is 22.0 Å². The van der Waals surface area contributed by atoms with Gasteiger partial charge in [-0.1, -0.05) is 83.8 Å². The third kappa shape index (κ3) is 6.94. The standard InChI is InChI=1S/C32H40F6O/c1-3-4-9-20(2)18-23-19-22-13-15-25(32(37,38)27(22)31(36)28(23)33)24-14-16-26(30(35)29(24)34)39-17-8-6-5-7-10-21-11-12-21/h14,16,19-21,25H,3-13,15,17-18H2,1-2H3. The van der Waals surface area contributed by atoms with Gasteiger partial charge in [-0.3, -0.25) is 0 Å². The third-order valence-electron chi connectivity index (χ3n) is 8.37. The van der Waals surface area contributed by atoms with E-state index in [9.17, 15) is 8.78 Å². The first-order valence-electron chi connectivity index (χ1n) is 14.6. The Bertz CT molecular complexity index is 1130. The molecule has 4 rings (SSSR count). The van der Waals surface area contributed by atoms with Crippen LogP contribution in [-0.4, -0.2) is 6.61 Å². The zero-order valence-electron chi connectivity index (χ0n) is 23.0. The first-order chi connectivity index (χ1) is 18.6. The number of hydrogen-bond donors (Lipinski definition) is 0. The van der Waals surface area contributed by atoms with Crippen LogP contribution < -0.4 is 4.74 Å². The number of benzene rings is 2. The zero-order valence-corrected chi connectivity index (χ0v) is 23.0. The summed E-state index contributed by atoms with van der Waals surface area (Å²) in [5.41, 5.74) is -1.47. The minimum Gasteiger partial charge on any atom is -0.490 e. The number of ether oxygens (including phenoxy) is 1. The van der Waals surface area contributed by atoms with Crippen molar-refractivity contribution < 1.29 is 31.1 Å². The average molecular weight is 555 g/mol. The van der Waals surface area contributed by atoms with E-state index >= 15 is 17.6 Å². The summed E-state index contributed by atoms with van der Waals surface area (Å²) in [5.74, 6) is -10.7. The van der Waals surface area contributed by atoms with Crippen LogP contribution in [0.2, 0.25) is 0 Å². The van der Waals surface area contributed by atoms with Crippen LogP contribution in [0.5, 0.6) is 5.75 Å². The van der Waals surface area contributed by atoms with Gasteiger partial charge < -0.3 is 4.74 Å². The molecule has 1 fully saturated rings. The van der Waals surface area contributed by atoms with Crippen LogP contribution in [0, 0.1) is 35.1 Å². The lowest BCUT2D eigenvalue weighted by molar-refractivity contribution is -0.0484. The second kappa shape index (κ2) is 13.0. The van der Waals surface area contributed by atoms with E-state index in [0.717, 1.165) is 56.6 Å². The van der Waals surface area contributed by atoms with Gasteiger partial charge in [0.1, 0.15) is 0 Å². The Kier molecular flexibility index (Phi) is 9.92. The van der Waals surface area contributed by atoms with Crippen molar-refractivity contribution in [2.75, 3.05) is 6.61 Å². The monoisotopic (exact) mass is 554 g/mol. The molecule has 0 heterocycles. The van der Waals surface area contributed by atoms with Crippen molar-refractivity contribution in [1.82, 2.24) is 0 Å². The maximum absolute atomic E-state index is 15.6. The first kappa shape index (κ1) is 29.8. The van der Waals surface area contributed by atoms with E-state index in [2.05, 4.69) is 0 Å². The predicted octanol–water partition coefficient (Wildman–Crippen LogP) is 10.2. The lowest BCUT2D eigenvalue weighted by atomic mass is 9.75. The predicted molar refractivity (Wildman–Crippen MR) is 141 cm³/mol. The molecule has 0 radical (unpaired) electrons. The van der Waals surface area contributed by atoms with Crippen LogP contribution in [0.3, 0.4) is 0 Å². The van der Waals surface area contributed by atoms with Crippen LogP contribution >= 0.6 is 0 Å². The fraction of sp³-hybridized carbons (Fsp3) is 0.625. The summed E-state index contributed by atoms with van der Waals surface area (Å²) in [4.78, 5) is 0. The van der Waals surface area contributed by atoms with Gasteiger partial charge in [-0.15, -0.1) is 0 Å². The molecule has 0 spiro atoms. The van der Waals surface area contributed by atoms with Crippen LogP contribution in [-0.2, 0) is 18.8 Å². The van der Waals surface area contributed by atoms with Crippen molar-refractivity contribution in [2.45, 2.75) is 109 Å². The minimum absolute atomic E-state index is 0.0171. The Morgan fingerprint density at radius 2 is 1.64 bits per heavy atom. The summed E-state index contributed by atoms with van der Waals surface area (Å²) in [6, 6.07) is 3.58. The highest BCUT2D eigenvalue weighted by Gasteiger charge is 2.50. The Morgan fingerprint density at radius 3 is 2.36 bits per heavy atom. The molecular formula is C32H40F6O. The van der Waals surface area contributed by atoms with Crippen molar-refractivity contribution in [1.29, 1.82) is 0 Å². The smallest absolute Gasteiger partial charge is 0.283 e. The fourth-order valence-corrected chi connectivity index (χ4v) is 5.88. The van der Waals surface area contributed by atoms with Gasteiger partial charge in [-0.05, 0) is 54.7 Å². The number of halogens is 6. The molecule has 0 saturated heterocycles. The summed E-state index contributed by atoms with van der Waals surface area (Å²) in [6.07, 6.45) is 10.5. The fourth-order valence-electron chi connectivity index (χ4n) is 5.88. The number of fused-ring (bicyclic) bond motifs is 1. The van der Waals surface area contributed by atoms with Gasteiger partial charge in [-0.2, -0.15) is 4.39 Å². The molecule has 1 nitrogen and oxygen atoms in total. The second-order valence-electron chi connectivity index (χ2n) is 11.6. The zero-order chi connectivity index (χ0) is 28.2. The molecular weight excluding hydrogens is 514 g/mol. The van der Waals surface area contributed by atoms with Crippen molar-refractivity contribution in [3.8, 4) is 5.75 Å². The quantitative estimate of drug-likeness (QED) is 0.167. The molecule has 2 aromatic rings. The molecule has 216 valence electrons. The van der Waals surface area contributed by atoms with E-state index in [1.54, 1.807) is 0 Å². The molecule has 7 heteroatoms. The molecule has 2 unspecified atom stereocenters. The lowest BCUT2D eigenvalue weighted by Gasteiger charge is -2.34.